The molecule has 1 aromatic carbocycles. The van der Waals surface area contributed by atoms with Gasteiger partial charge in [0.15, 0.2) is 0 Å². The molecule has 2 rings (SSSR count). The quantitative estimate of drug-likeness (QED) is 0.866. The normalized spacial score (nSPS) is 12.6. The summed E-state index contributed by atoms with van der Waals surface area (Å²) in [4.78, 5) is 0. The summed E-state index contributed by atoms with van der Waals surface area (Å²) in [6.07, 6.45) is 5.68. The fourth-order valence-corrected chi connectivity index (χ4v) is 2.35. The van der Waals surface area contributed by atoms with Crippen LogP contribution in [0.15, 0.2) is 36.7 Å². The minimum atomic E-state index is 0.346. The molecule has 0 amide bonds. The third-order valence-electron chi connectivity index (χ3n) is 3.16. The van der Waals surface area contributed by atoms with Crippen LogP contribution in [0.4, 0.5) is 0 Å². The molecule has 4 heteroatoms. The average molecular weight is 278 g/mol. The number of para-hydroxylation sites is 1. The number of nitrogens with zero attached hydrogens (tertiary/aromatic N) is 2. The predicted molar refractivity (Wildman–Crippen MR) is 79.9 cm³/mol. The number of hydrogen-bond donors (Lipinski definition) is 1. The first-order valence-electron chi connectivity index (χ1n) is 6.79. The Morgan fingerprint density at radius 1 is 1.32 bits per heavy atom. The van der Waals surface area contributed by atoms with Crippen molar-refractivity contribution in [2.24, 2.45) is 0 Å². The highest BCUT2D eigenvalue weighted by Crippen LogP contribution is 2.24. The maximum Gasteiger partial charge on any atom is 0.0790 e. The SMILES string of the molecule is CCCNC(CC)c1ccccc1-n1cc(Cl)cn1. The second-order valence-corrected chi connectivity index (χ2v) is 5.01. The van der Waals surface area contributed by atoms with Crippen LogP contribution >= 0.6 is 11.6 Å². The van der Waals surface area contributed by atoms with Gasteiger partial charge in [0, 0.05) is 12.2 Å². The van der Waals surface area contributed by atoms with Gasteiger partial charge in [-0.1, -0.05) is 43.6 Å². The predicted octanol–water partition coefficient (Wildman–Crippen LogP) is 3.98. The minimum absolute atomic E-state index is 0.346. The minimum Gasteiger partial charge on any atom is -0.310 e. The second-order valence-electron chi connectivity index (χ2n) is 4.58. The molecule has 0 aliphatic heterocycles. The van der Waals surface area contributed by atoms with Crippen molar-refractivity contribution in [3.05, 3.63) is 47.2 Å². The van der Waals surface area contributed by atoms with Crippen LogP contribution in [0.5, 0.6) is 0 Å². The van der Waals surface area contributed by atoms with E-state index in [1.54, 1.807) is 6.20 Å². The Balaban J connectivity index is 2.34. The number of nitrogens with one attached hydrogen (secondary N) is 1. The molecule has 19 heavy (non-hydrogen) atoms. The zero-order valence-electron chi connectivity index (χ0n) is 11.4. The molecule has 0 saturated heterocycles. The van der Waals surface area contributed by atoms with Crippen LogP contribution in [0, 0.1) is 0 Å². The molecule has 1 aromatic heterocycles. The highest BCUT2D eigenvalue weighted by Gasteiger charge is 2.14. The zero-order valence-corrected chi connectivity index (χ0v) is 12.2. The molecular weight excluding hydrogens is 258 g/mol. The van der Waals surface area contributed by atoms with E-state index in [4.69, 9.17) is 11.6 Å². The van der Waals surface area contributed by atoms with Crippen molar-refractivity contribution in [2.45, 2.75) is 32.7 Å². The zero-order chi connectivity index (χ0) is 13.7. The van der Waals surface area contributed by atoms with Crippen LogP contribution in [0.1, 0.15) is 38.3 Å². The smallest absolute Gasteiger partial charge is 0.0790 e. The van der Waals surface area contributed by atoms with E-state index in [1.165, 1.54) is 5.56 Å². The van der Waals surface area contributed by atoms with Gasteiger partial charge in [-0.2, -0.15) is 5.10 Å². The largest absolute Gasteiger partial charge is 0.310 e. The Morgan fingerprint density at radius 3 is 2.74 bits per heavy atom. The van der Waals surface area contributed by atoms with Gasteiger partial charge in [0.2, 0.25) is 0 Å². The van der Waals surface area contributed by atoms with Gasteiger partial charge in [-0.15, -0.1) is 0 Å². The van der Waals surface area contributed by atoms with Gasteiger partial charge in [0.1, 0.15) is 0 Å². The lowest BCUT2D eigenvalue weighted by Gasteiger charge is -2.20. The summed E-state index contributed by atoms with van der Waals surface area (Å²) in [5, 5.41) is 8.54. The van der Waals surface area contributed by atoms with Gasteiger partial charge in [-0.25, -0.2) is 4.68 Å². The molecule has 1 heterocycles. The molecule has 0 fully saturated rings. The molecule has 102 valence electrons. The van der Waals surface area contributed by atoms with Crippen LogP contribution in [-0.2, 0) is 0 Å². The van der Waals surface area contributed by atoms with Gasteiger partial charge < -0.3 is 5.32 Å². The summed E-state index contributed by atoms with van der Waals surface area (Å²) >= 11 is 5.96. The van der Waals surface area contributed by atoms with Gasteiger partial charge in [-0.05, 0) is 31.0 Å². The van der Waals surface area contributed by atoms with E-state index in [1.807, 2.05) is 16.9 Å². The molecule has 0 radical (unpaired) electrons. The van der Waals surface area contributed by atoms with Gasteiger partial charge in [-0.3, -0.25) is 0 Å². The first-order chi connectivity index (χ1) is 9.26. The maximum atomic E-state index is 5.96. The summed E-state index contributed by atoms with van der Waals surface area (Å²) in [5.41, 5.74) is 2.35. The highest BCUT2D eigenvalue weighted by atomic mass is 35.5. The third-order valence-corrected chi connectivity index (χ3v) is 3.35. The van der Waals surface area contributed by atoms with E-state index in [9.17, 15) is 0 Å². The third kappa shape index (κ3) is 3.37. The number of rotatable bonds is 6. The first-order valence-corrected chi connectivity index (χ1v) is 7.17. The van der Waals surface area contributed by atoms with Crippen LogP contribution < -0.4 is 5.32 Å². The van der Waals surface area contributed by atoms with Crippen LogP contribution in [0.2, 0.25) is 5.02 Å². The Morgan fingerprint density at radius 2 is 2.11 bits per heavy atom. The van der Waals surface area contributed by atoms with Crippen molar-refractivity contribution in [1.82, 2.24) is 15.1 Å². The van der Waals surface area contributed by atoms with Gasteiger partial charge in [0.25, 0.3) is 0 Å². The Bertz CT molecular complexity index is 522. The number of benzene rings is 1. The summed E-state index contributed by atoms with van der Waals surface area (Å²) < 4.78 is 1.84. The first kappa shape index (κ1) is 14.1. The van der Waals surface area contributed by atoms with Gasteiger partial charge >= 0.3 is 0 Å². The molecule has 0 bridgehead atoms. The summed E-state index contributed by atoms with van der Waals surface area (Å²) in [6.45, 7) is 5.39. The molecular formula is C15H20ClN3. The van der Waals surface area contributed by atoms with E-state index in [0.717, 1.165) is 25.1 Å². The van der Waals surface area contributed by atoms with Gasteiger partial charge in [0.05, 0.1) is 16.9 Å². The second kappa shape index (κ2) is 6.73. The fraction of sp³-hybridized carbons (Fsp3) is 0.400. The molecule has 1 unspecified atom stereocenters. The molecule has 0 aliphatic rings. The van der Waals surface area contributed by atoms with E-state index in [0.29, 0.717) is 11.1 Å². The lowest BCUT2D eigenvalue weighted by Crippen LogP contribution is -2.22. The topological polar surface area (TPSA) is 29.9 Å². The van der Waals surface area contributed by atoms with Crippen molar-refractivity contribution in [3.8, 4) is 5.69 Å². The van der Waals surface area contributed by atoms with E-state index in [2.05, 4.69) is 42.5 Å². The standard InChI is InChI=1S/C15H20ClN3/c1-3-9-17-14(4-2)13-7-5-6-8-15(13)19-11-12(16)10-18-19/h5-8,10-11,14,17H,3-4,9H2,1-2H3. The molecule has 3 nitrogen and oxygen atoms in total. The van der Waals surface area contributed by atoms with Crippen molar-refractivity contribution < 1.29 is 0 Å². The molecule has 0 saturated carbocycles. The average Bonchev–Trinajstić information content (AvgIpc) is 2.87. The van der Waals surface area contributed by atoms with Crippen molar-refractivity contribution in [1.29, 1.82) is 0 Å². The van der Waals surface area contributed by atoms with E-state index < -0.39 is 0 Å². The van der Waals surface area contributed by atoms with Crippen molar-refractivity contribution >= 4 is 11.6 Å². The number of hydrogen-bond acceptors (Lipinski definition) is 2. The molecule has 0 aliphatic carbocycles. The van der Waals surface area contributed by atoms with Crippen LogP contribution in [-0.4, -0.2) is 16.3 Å². The monoisotopic (exact) mass is 277 g/mol. The lowest BCUT2D eigenvalue weighted by molar-refractivity contribution is 0.515. The summed E-state index contributed by atoms with van der Waals surface area (Å²) in [6, 6.07) is 8.68. The van der Waals surface area contributed by atoms with Crippen molar-refractivity contribution in [3.63, 3.8) is 0 Å². The molecule has 0 spiro atoms. The van der Waals surface area contributed by atoms with Crippen molar-refractivity contribution in [2.75, 3.05) is 6.54 Å². The van der Waals surface area contributed by atoms with Crippen LogP contribution in [0.25, 0.3) is 5.69 Å². The number of aromatic nitrogens is 2. The summed E-state index contributed by atoms with van der Waals surface area (Å²) in [7, 11) is 0. The Labute approximate surface area is 119 Å². The Kier molecular flexibility index (Phi) is 5.00. The van der Waals surface area contributed by atoms with E-state index in [-0.39, 0.29) is 0 Å². The fourth-order valence-electron chi connectivity index (χ4n) is 2.22. The van der Waals surface area contributed by atoms with E-state index >= 15 is 0 Å². The molecule has 1 N–H and O–H groups in total. The molecule has 2 aromatic rings. The Hall–Kier alpha value is -1.32. The lowest BCUT2D eigenvalue weighted by atomic mass is 10.0. The number of halogens is 1. The summed E-state index contributed by atoms with van der Waals surface area (Å²) in [5.74, 6) is 0. The maximum absolute atomic E-state index is 5.96. The van der Waals surface area contributed by atoms with Crippen LogP contribution in [0.3, 0.4) is 0 Å². The molecule has 1 atom stereocenters. The highest BCUT2D eigenvalue weighted by molar-refractivity contribution is 6.30.